The fraction of sp³-hybridized carbons (Fsp3) is 0.421. The van der Waals surface area contributed by atoms with E-state index in [1.807, 2.05) is 0 Å². The predicted octanol–water partition coefficient (Wildman–Crippen LogP) is 1.09. The van der Waals surface area contributed by atoms with Crippen molar-refractivity contribution in [1.82, 2.24) is 15.3 Å². The first-order chi connectivity index (χ1) is 14.7. The van der Waals surface area contributed by atoms with Gasteiger partial charge in [-0.25, -0.2) is 4.79 Å². The Bertz CT molecular complexity index is 994. The Labute approximate surface area is 181 Å². The van der Waals surface area contributed by atoms with E-state index in [4.69, 9.17) is 10.8 Å². The lowest BCUT2D eigenvalue weighted by Gasteiger charge is -2.25. The van der Waals surface area contributed by atoms with E-state index in [0.717, 1.165) is 11.3 Å². The summed E-state index contributed by atoms with van der Waals surface area (Å²) in [6, 6.07) is 0.355. The number of anilines is 2. The molecule has 0 saturated carbocycles. The number of aliphatic carboxylic acids is 2. The number of nitrogens with one attached hydrogen (secondary N) is 2. The van der Waals surface area contributed by atoms with Gasteiger partial charge in [-0.2, -0.15) is 9.97 Å². The summed E-state index contributed by atoms with van der Waals surface area (Å²) in [6.07, 6.45) is 1.33. The molecule has 3 rings (SSSR count). The van der Waals surface area contributed by atoms with Gasteiger partial charge >= 0.3 is 11.9 Å². The zero-order valence-electron chi connectivity index (χ0n) is 16.5. The van der Waals surface area contributed by atoms with Gasteiger partial charge in [0.05, 0.1) is 11.1 Å². The van der Waals surface area contributed by atoms with Crippen LogP contribution in [0.4, 0.5) is 11.8 Å². The quantitative estimate of drug-likeness (QED) is 0.323. The number of thiophene rings is 1. The minimum absolute atomic E-state index is 0.000500. The molecule has 166 valence electrons. The van der Waals surface area contributed by atoms with Gasteiger partial charge in [0.15, 0.2) is 0 Å². The van der Waals surface area contributed by atoms with Gasteiger partial charge in [-0.3, -0.25) is 9.59 Å². The summed E-state index contributed by atoms with van der Waals surface area (Å²) in [4.78, 5) is 43.3. The number of rotatable bonds is 9. The van der Waals surface area contributed by atoms with Crippen molar-refractivity contribution in [3.05, 3.63) is 27.5 Å². The number of amides is 1. The third-order valence-corrected chi connectivity index (χ3v) is 6.05. The van der Waals surface area contributed by atoms with E-state index in [1.165, 1.54) is 11.3 Å². The van der Waals surface area contributed by atoms with Crippen LogP contribution in [-0.4, -0.2) is 55.7 Å². The molecule has 1 aliphatic heterocycles. The molecule has 1 aliphatic rings. The van der Waals surface area contributed by atoms with E-state index < -0.39 is 23.9 Å². The molecule has 2 aromatic heterocycles. The van der Waals surface area contributed by atoms with Crippen molar-refractivity contribution in [3.63, 3.8) is 0 Å². The molecular weight excluding hydrogens is 426 g/mol. The van der Waals surface area contributed by atoms with Crippen LogP contribution in [-0.2, 0) is 22.4 Å². The first kappa shape index (κ1) is 22.3. The summed E-state index contributed by atoms with van der Waals surface area (Å²) in [6.45, 7) is 0.631. The molecule has 0 aliphatic carbocycles. The molecule has 12 heteroatoms. The zero-order valence-corrected chi connectivity index (χ0v) is 17.3. The highest BCUT2D eigenvalue weighted by Crippen LogP contribution is 2.32. The monoisotopic (exact) mass is 449 g/mol. The lowest BCUT2D eigenvalue weighted by molar-refractivity contribution is -0.140. The fourth-order valence-corrected chi connectivity index (χ4v) is 4.35. The number of carbonyl (C=O) groups excluding carboxylic acids is 1. The lowest BCUT2D eigenvalue weighted by Crippen LogP contribution is -2.41. The zero-order chi connectivity index (χ0) is 22.5. The van der Waals surface area contributed by atoms with E-state index in [0.29, 0.717) is 36.3 Å². The molecule has 2 atom stereocenters. The molecule has 0 bridgehead atoms. The maximum atomic E-state index is 12.6. The summed E-state index contributed by atoms with van der Waals surface area (Å²) < 4.78 is 0. The molecule has 1 unspecified atom stereocenters. The first-order valence-corrected chi connectivity index (χ1v) is 10.5. The van der Waals surface area contributed by atoms with Crippen molar-refractivity contribution in [2.75, 3.05) is 17.6 Å². The van der Waals surface area contributed by atoms with E-state index in [9.17, 15) is 24.6 Å². The normalized spacial score (nSPS) is 16.1. The number of carbonyl (C=O) groups is 3. The van der Waals surface area contributed by atoms with Crippen molar-refractivity contribution in [2.45, 2.75) is 38.1 Å². The summed E-state index contributed by atoms with van der Waals surface area (Å²) in [7, 11) is 0. The van der Waals surface area contributed by atoms with Gasteiger partial charge in [0, 0.05) is 17.8 Å². The minimum atomic E-state index is -1.28. The van der Waals surface area contributed by atoms with Crippen LogP contribution in [0.5, 0.6) is 5.88 Å². The second-order valence-corrected chi connectivity index (χ2v) is 8.28. The van der Waals surface area contributed by atoms with Gasteiger partial charge in [-0.1, -0.05) is 0 Å². The standard InChI is InChI=1S/C19H23N5O6S/c20-19-23-15-11(17(28)24-19)7-9(8-21-15)1-3-13-10(5-6-31-13)16(27)22-12(18(29)30)2-4-14(25)26/h5-6,9,12H,1-4,7-8H2,(H,22,27)(H,25,26)(H,29,30)(H4,20,21,23,24,28)/t9?,12-/m0/s1. The molecule has 0 spiro atoms. The molecule has 3 heterocycles. The van der Waals surface area contributed by atoms with Gasteiger partial charge in [0.25, 0.3) is 5.91 Å². The molecule has 0 saturated heterocycles. The van der Waals surface area contributed by atoms with E-state index in [2.05, 4.69) is 20.6 Å². The van der Waals surface area contributed by atoms with Gasteiger partial charge in [0.2, 0.25) is 11.8 Å². The lowest BCUT2D eigenvalue weighted by atomic mass is 9.91. The van der Waals surface area contributed by atoms with Crippen LogP contribution in [0.15, 0.2) is 11.4 Å². The average molecular weight is 449 g/mol. The second-order valence-electron chi connectivity index (χ2n) is 7.28. The Kier molecular flexibility index (Phi) is 6.90. The van der Waals surface area contributed by atoms with Crippen LogP contribution in [0.3, 0.4) is 0 Å². The van der Waals surface area contributed by atoms with Gasteiger partial charge in [-0.15, -0.1) is 11.3 Å². The molecule has 0 radical (unpaired) electrons. The summed E-state index contributed by atoms with van der Waals surface area (Å²) in [5.41, 5.74) is 6.54. The van der Waals surface area contributed by atoms with Crippen LogP contribution in [0.25, 0.3) is 0 Å². The number of aryl methyl sites for hydroxylation is 1. The van der Waals surface area contributed by atoms with Crippen molar-refractivity contribution >= 4 is 40.9 Å². The van der Waals surface area contributed by atoms with Crippen LogP contribution in [0, 0.1) is 5.92 Å². The molecule has 0 fully saturated rings. The second kappa shape index (κ2) is 9.60. The number of hydrogen-bond acceptors (Lipinski definition) is 9. The van der Waals surface area contributed by atoms with E-state index >= 15 is 0 Å². The maximum absolute atomic E-state index is 12.6. The Balaban J connectivity index is 1.61. The third-order valence-electron chi connectivity index (χ3n) is 5.07. The molecule has 11 nitrogen and oxygen atoms in total. The Morgan fingerprint density at radius 3 is 2.81 bits per heavy atom. The number of carboxylic acid groups (broad SMARTS) is 2. The largest absolute Gasteiger partial charge is 0.493 e. The van der Waals surface area contributed by atoms with Crippen LogP contribution in [0.2, 0.25) is 0 Å². The number of nitrogens with two attached hydrogens (primary N) is 1. The van der Waals surface area contributed by atoms with Crippen molar-refractivity contribution in [1.29, 1.82) is 0 Å². The maximum Gasteiger partial charge on any atom is 0.326 e. The molecule has 0 aromatic carbocycles. The Morgan fingerprint density at radius 1 is 1.32 bits per heavy atom. The number of aromatic nitrogens is 2. The highest BCUT2D eigenvalue weighted by molar-refractivity contribution is 7.10. The molecular formula is C19H23N5O6S. The first-order valence-electron chi connectivity index (χ1n) is 9.65. The van der Waals surface area contributed by atoms with E-state index in [1.54, 1.807) is 11.4 Å². The SMILES string of the molecule is Nc1nc(O)c2c(n1)NCC(CCc1sccc1C(=O)N[C@@H](CCC(=O)O)C(=O)O)C2. The predicted molar refractivity (Wildman–Crippen MR) is 112 cm³/mol. The average Bonchev–Trinajstić information content (AvgIpc) is 3.18. The number of aromatic hydroxyl groups is 1. The van der Waals surface area contributed by atoms with Gasteiger partial charge in [0.1, 0.15) is 11.9 Å². The number of fused-ring (bicyclic) bond motifs is 1. The molecule has 7 N–H and O–H groups in total. The molecule has 1 amide bonds. The number of carboxylic acids is 2. The van der Waals surface area contributed by atoms with Gasteiger partial charge in [-0.05, 0) is 43.0 Å². The highest BCUT2D eigenvalue weighted by atomic mass is 32.1. The highest BCUT2D eigenvalue weighted by Gasteiger charge is 2.26. The van der Waals surface area contributed by atoms with Crippen molar-refractivity contribution < 1.29 is 29.7 Å². The molecule has 2 aromatic rings. The summed E-state index contributed by atoms with van der Waals surface area (Å²) in [5.74, 6) is -2.39. The summed E-state index contributed by atoms with van der Waals surface area (Å²) in [5, 5.41) is 35.3. The number of nitrogens with zero attached hydrogens (tertiary/aromatic N) is 2. The van der Waals surface area contributed by atoms with Crippen molar-refractivity contribution in [2.24, 2.45) is 5.92 Å². The Hall–Kier alpha value is -3.41. The Morgan fingerprint density at radius 2 is 2.10 bits per heavy atom. The topological polar surface area (TPSA) is 188 Å². The number of hydrogen-bond donors (Lipinski definition) is 6. The van der Waals surface area contributed by atoms with Gasteiger partial charge < -0.3 is 31.7 Å². The molecule has 31 heavy (non-hydrogen) atoms. The third kappa shape index (κ3) is 5.60. The fourth-order valence-electron chi connectivity index (χ4n) is 3.46. The number of nitrogen functional groups attached to an aromatic ring is 1. The van der Waals surface area contributed by atoms with E-state index in [-0.39, 0.29) is 30.6 Å². The van der Waals surface area contributed by atoms with Crippen LogP contribution in [0.1, 0.15) is 40.1 Å². The minimum Gasteiger partial charge on any atom is -0.493 e. The summed E-state index contributed by atoms with van der Waals surface area (Å²) >= 11 is 1.40. The van der Waals surface area contributed by atoms with Crippen molar-refractivity contribution in [3.8, 4) is 5.88 Å². The smallest absolute Gasteiger partial charge is 0.326 e. The van der Waals surface area contributed by atoms with Crippen LogP contribution >= 0.6 is 11.3 Å². The van der Waals surface area contributed by atoms with Crippen LogP contribution < -0.4 is 16.4 Å².